The largest absolute Gasteiger partial charge is 0.483 e. The van der Waals surface area contributed by atoms with Gasteiger partial charge in [0.15, 0.2) is 5.15 Å². The summed E-state index contributed by atoms with van der Waals surface area (Å²) in [6.45, 7) is 2.30. The van der Waals surface area contributed by atoms with E-state index in [0.29, 0.717) is 17.3 Å². The lowest BCUT2D eigenvalue weighted by atomic mass is 10.1. The number of rotatable bonds is 7. The standard InChI is InChI=1S/C19H22ClN5O.CH2O2/c1-25(2)9-8-21-14-5-3-4-13(10-14)12-22-15-6-7-16-17(11-15)18(20)23-24-19(16)26;2-1-3/h3-7,10-11,21-22H,8-9,12H2,1-2H3,(H,24,26);1H,(H,2,3). The first-order valence-corrected chi connectivity index (χ1v) is 9.29. The van der Waals surface area contributed by atoms with Gasteiger partial charge in [-0.3, -0.25) is 9.59 Å². The highest BCUT2D eigenvalue weighted by molar-refractivity contribution is 6.34. The molecule has 2 aromatic carbocycles. The lowest BCUT2D eigenvalue weighted by Crippen LogP contribution is -2.20. The number of benzene rings is 2. The van der Waals surface area contributed by atoms with Gasteiger partial charge in [-0.25, -0.2) is 5.10 Å². The molecule has 0 unspecified atom stereocenters. The number of nitrogens with one attached hydrogen (secondary N) is 3. The van der Waals surface area contributed by atoms with Gasteiger partial charge in [-0.15, -0.1) is 0 Å². The Morgan fingerprint density at radius 2 is 1.86 bits per heavy atom. The Labute approximate surface area is 173 Å². The molecule has 0 saturated carbocycles. The number of aromatic amines is 1. The minimum Gasteiger partial charge on any atom is -0.483 e. The molecule has 29 heavy (non-hydrogen) atoms. The summed E-state index contributed by atoms with van der Waals surface area (Å²) in [5, 5.41) is 21.3. The Hall–Kier alpha value is -3.10. The molecule has 4 N–H and O–H groups in total. The number of H-pyrrole nitrogens is 1. The van der Waals surface area contributed by atoms with E-state index in [1.165, 1.54) is 0 Å². The number of aromatic nitrogens is 2. The Bertz CT molecular complexity index is 1010. The van der Waals surface area contributed by atoms with E-state index in [0.717, 1.165) is 30.0 Å². The fourth-order valence-corrected chi connectivity index (χ4v) is 2.86. The summed E-state index contributed by atoms with van der Waals surface area (Å²) in [5.41, 5.74) is 2.91. The second-order valence-corrected chi connectivity index (χ2v) is 6.85. The molecule has 0 radical (unpaired) electrons. The molecule has 0 aliphatic heterocycles. The molecule has 3 aromatic rings. The van der Waals surface area contributed by atoms with Crippen LogP contribution in [0.15, 0.2) is 47.3 Å². The first-order valence-electron chi connectivity index (χ1n) is 8.91. The van der Waals surface area contributed by atoms with E-state index in [1.807, 2.05) is 18.2 Å². The molecule has 1 aromatic heterocycles. The van der Waals surface area contributed by atoms with Crippen LogP contribution in [0.3, 0.4) is 0 Å². The average molecular weight is 418 g/mol. The predicted molar refractivity (Wildman–Crippen MR) is 117 cm³/mol. The van der Waals surface area contributed by atoms with Crippen LogP contribution in [0.2, 0.25) is 5.15 Å². The lowest BCUT2D eigenvalue weighted by molar-refractivity contribution is -0.122. The second kappa shape index (κ2) is 11.0. The molecule has 3 rings (SSSR count). The highest BCUT2D eigenvalue weighted by Crippen LogP contribution is 2.22. The van der Waals surface area contributed by atoms with E-state index in [2.05, 4.69) is 58.0 Å². The molecule has 0 spiro atoms. The van der Waals surface area contributed by atoms with Crippen molar-refractivity contribution < 1.29 is 9.90 Å². The van der Waals surface area contributed by atoms with Gasteiger partial charge in [-0.1, -0.05) is 23.7 Å². The smallest absolute Gasteiger partial charge is 0.290 e. The molecule has 1 heterocycles. The molecule has 0 atom stereocenters. The highest BCUT2D eigenvalue weighted by atomic mass is 35.5. The van der Waals surface area contributed by atoms with Gasteiger partial charge < -0.3 is 20.6 Å². The van der Waals surface area contributed by atoms with Gasteiger partial charge in [0.25, 0.3) is 12.0 Å². The van der Waals surface area contributed by atoms with E-state index in [9.17, 15) is 4.79 Å². The maximum absolute atomic E-state index is 11.8. The first kappa shape index (κ1) is 22.2. The van der Waals surface area contributed by atoms with E-state index >= 15 is 0 Å². The quantitative estimate of drug-likeness (QED) is 0.437. The number of hydrogen-bond acceptors (Lipinski definition) is 6. The predicted octanol–water partition coefficient (Wildman–Crippen LogP) is 2.86. The molecule has 0 aliphatic carbocycles. The number of hydrogen-bond donors (Lipinski definition) is 4. The van der Waals surface area contributed by atoms with E-state index in [1.54, 1.807) is 6.07 Å². The van der Waals surface area contributed by atoms with Crippen molar-refractivity contribution in [1.82, 2.24) is 15.1 Å². The van der Waals surface area contributed by atoms with E-state index < -0.39 is 0 Å². The van der Waals surface area contributed by atoms with Gasteiger partial charge in [-0.2, -0.15) is 5.10 Å². The van der Waals surface area contributed by atoms with Crippen molar-refractivity contribution in [2.24, 2.45) is 0 Å². The van der Waals surface area contributed by atoms with Gasteiger partial charge in [0.2, 0.25) is 0 Å². The van der Waals surface area contributed by atoms with Crippen molar-refractivity contribution in [2.45, 2.75) is 6.54 Å². The monoisotopic (exact) mass is 417 g/mol. The highest BCUT2D eigenvalue weighted by Gasteiger charge is 2.06. The van der Waals surface area contributed by atoms with Crippen LogP contribution in [0.25, 0.3) is 10.8 Å². The first-order chi connectivity index (χ1) is 13.9. The van der Waals surface area contributed by atoms with Crippen molar-refractivity contribution >= 4 is 40.2 Å². The Morgan fingerprint density at radius 3 is 2.59 bits per heavy atom. The number of nitrogens with zero attached hydrogens (tertiary/aromatic N) is 2. The Kier molecular flexibility index (Phi) is 8.45. The summed E-state index contributed by atoms with van der Waals surface area (Å²) in [5.74, 6) is 0. The van der Waals surface area contributed by atoms with E-state index in [4.69, 9.17) is 21.5 Å². The molecule has 0 fully saturated rings. The summed E-state index contributed by atoms with van der Waals surface area (Å²) in [6.07, 6.45) is 0. The van der Waals surface area contributed by atoms with Gasteiger partial charge in [0.05, 0.1) is 5.39 Å². The van der Waals surface area contributed by atoms with Crippen LogP contribution in [-0.2, 0) is 11.3 Å². The van der Waals surface area contributed by atoms with Crippen LogP contribution in [0.4, 0.5) is 11.4 Å². The normalized spacial score (nSPS) is 10.3. The maximum Gasteiger partial charge on any atom is 0.290 e. The van der Waals surface area contributed by atoms with Crippen LogP contribution >= 0.6 is 11.6 Å². The SMILES string of the molecule is CN(C)CCNc1cccc(CNc2ccc3c(=O)[nH]nc(Cl)c3c2)c1.O=CO. The van der Waals surface area contributed by atoms with Crippen molar-refractivity contribution in [3.8, 4) is 0 Å². The van der Waals surface area contributed by atoms with Crippen LogP contribution in [0, 0.1) is 0 Å². The molecule has 0 saturated heterocycles. The van der Waals surface area contributed by atoms with Gasteiger partial charge >= 0.3 is 0 Å². The fourth-order valence-electron chi connectivity index (χ4n) is 2.66. The third kappa shape index (κ3) is 6.78. The summed E-state index contributed by atoms with van der Waals surface area (Å²) in [4.78, 5) is 22.3. The molecular weight excluding hydrogens is 394 g/mol. The summed E-state index contributed by atoms with van der Waals surface area (Å²) in [7, 11) is 4.11. The third-order valence-corrected chi connectivity index (χ3v) is 4.34. The zero-order chi connectivity index (χ0) is 21.2. The molecular formula is C20H24ClN5O3. The van der Waals surface area contributed by atoms with Crippen LogP contribution in [-0.4, -0.2) is 53.9 Å². The third-order valence-electron chi connectivity index (χ3n) is 4.05. The zero-order valence-corrected chi connectivity index (χ0v) is 17.0. The minimum absolute atomic E-state index is 0.243. The number of likely N-dealkylation sites (N-methyl/N-ethyl adjacent to an activating group) is 1. The zero-order valence-electron chi connectivity index (χ0n) is 16.3. The van der Waals surface area contributed by atoms with Crippen molar-refractivity contribution in [2.75, 3.05) is 37.8 Å². The molecule has 9 heteroatoms. The summed E-state index contributed by atoms with van der Waals surface area (Å²) in [6, 6.07) is 13.8. The molecule has 154 valence electrons. The van der Waals surface area contributed by atoms with Gasteiger partial charge in [0, 0.05) is 36.4 Å². The van der Waals surface area contributed by atoms with Crippen molar-refractivity contribution in [3.05, 3.63) is 63.5 Å². The Morgan fingerprint density at radius 1 is 1.14 bits per heavy atom. The van der Waals surface area contributed by atoms with Crippen molar-refractivity contribution in [1.29, 1.82) is 0 Å². The minimum atomic E-state index is -0.250. The molecule has 8 nitrogen and oxygen atoms in total. The van der Waals surface area contributed by atoms with Crippen LogP contribution in [0.1, 0.15) is 5.56 Å². The summed E-state index contributed by atoms with van der Waals surface area (Å²) < 4.78 is 0. The molecule has 0 amide bonds. The molecule has 0 aliphatic rings. The topological polar surface area (TPSA) is 110 Å². The maximum atomic E-state index is 11.8. The number of carbonyl (C=O) groups is 1. The van der Waals surface area contributed by atoms with Gasteiger partial charge in [0.1, 0.15) is 0 Å². The van der Waals surface area contributed by atoms with Crippen LogP contribution < -0.4 is 16.2 Å². The second-order valence-electron chi connectivity index (χ2n) is 6.49. The van der Waals surface area contributed by atoms with Gasteiger partial charge in [-0.05, 0) is 50.0 Å². The number of fused-ring (bicyclic) bond motifs is 1. The number of anilines is 2. The summed E-state index contributed by atoms with van der Waals surface area (Å²) >= 11 is 6.09. The Balaban J connectivity index is 0.000000941. The van der Waals surface area contributed by atoms with E-state index in [-0.39, 0.29) is 17.2 Å². The average Bonchev–Trinajstić information content (AvgIpc) is 2.70. The molecule has 0 bridgehead atoms. The lowest BCUT2D eigenvalue weighted by Gasteiger charge is -2.13. The van der Waals surface area contributed by atoms with Crippen molar-refractivity contribution in [3.63, 3.8) is 0 Å². The van der Waals surface area contributed by atoms with Crippen LogP contribution in [0.5, 0.6) is 0 Å². The fraction of sp³-hybridized carbons (Fsp3) is 0.250. The number of carboxylic acid groups (broad SMARTS) is 1. The number of halogens is 1.